The third-order valence-electron chi connectivity index (χ3n) is 3.86. The Bertz CT molecular complexity index is 443. The number of Topliss-reactive ketones (excluding diaryl/α,β-unsaturated/α-hetero) is 1. The van der Waals surface area contributed by atoms with Gasteiger partial charge in [-0.1, -0.05) is 24.9 Å². The summed E-state index contributed by atoms with van der Waals surface area (Å²) in [6.07, 6.45) is 4.27. The molecule has 0 amide bonds. The minimum atomic E-state index is -0.489. The Morgan fingerprint density at radius 3 is 3.00 bits per heavy atom. The van der Waals surface area contributed by atoms with Crippen LogP contribution in [0.1, 0.15) is 43.6 Å². The first-order valence-corrected chi connectivity index (χ1v) is 6.40. The largest absolute Gasteiger partial charge is 0.327 e. The van der Waals surface area contributed by atoms with Crippen molar-refractivity contribution in [3.8, 4) is 0 Å². The lowest BCUT2D eigenvalue weighted by Gasteiger charge is -2.27. The maximum Gasteiger partial charge on any atom is 0.189 e. The molecule has 2 atom stereocenters. The van der Waals surface area contributed by atoms with Crippen LogP contribution in [0.3, 0.4) is 0 Å². The van der Waals surface area contributed by atoms with Gasteiger partial charge in [0.2, 0.25) is 0 Å². The molecule has 1 aromatic heterocycles. The minimum Gasteiger partial charge on any atom is -0.327 e. The van der Waals surface area contributed by atoms with Crippen LogP contribution in [0, 0.1) is 5.41 Å². The minimum absolute atomic E-state index is 0.0341. The molecule has 0 bridgehead atoms. The van der Waals surface area contributed by atoms with E-state index in [0.717, 1.165) is 19.3 Å². The Hall–Kier alpha value is -0.870. The molecule has 2 N–H and O–H groups in total. The fraction of sp³-hybridized carbons (Fsp3) is 0.667. The number of aryl methyl sites for hydroxylation is 1. The summed E-state index contributed by atoms with van der Waals surface area (Å²) in [5.41, 5.74) is 6.09. The average Bonchev–Trinajstić information content (AvgIpc) is 2.83. The van der Waals surface area contributed by atoms with Crippen LogP contribution < -0.4 is 5.73 Å². The van der Waals surface area contributed by atoms with Gasteiger partial charge in [0.15, 0.2) is 5.78 Å². The maximum absolute atomic E-state index is 12.6. The number of nitrogens with two attached hydrogens (primary N) is 1. The summed E-state index contributed by atoms with van der Waals surface area (Å²) in [5.74, 6) is 0.0341. The monoisotopic (exact) mass is 255 g/mol. The number of nitrogens with zero attached hydrogens (tertiary/aromatic N) is 2. The number of carbonyl (C=O) groups is 1. The zero-order valence-corrected chi connectivity index (χ0v) is 11.0. The predicted octanol–water partition coefficient (Wildman–Crippen LogP) is 2.26. The van der Waals surface area contributed by atoms with E-state index in [1.807, 2.05) is 13.8 Å². The van der Waals surface area contributed by atoms with Crippen LogP contribution in [0.4, 0.5) is 0 Å². The molecule has 0 saturated heterocycles. The second kappa shape index (κ2) is 4.42. The molecule has 0 radical (unpaired) electrons. The number of aromatic nitrogens is 2. The standard InChI is InChI=1S/C12H18ClN3O/c1-3-16-10(8(13)7-15-16)11(17)12(2)6-4-5-9(12)14/h7,9H,3-6,14H2,1-2H3. The quantitative estimate of drug-likeness (QED) is 0.843. The second-order valence-corrected chi connectivity index (χ2v) is 5.31. The van der Waals surface area contributed by atoms with Gasteiger partial charge in [0.05, 0.1) is 11.2 Å². The lowest BCUT2D eigenvalue weighted by atomic mass is 9.79. The molecule has 17 heavy (non-hydrogen) atoms. The van der Waals surface area contributed by atoms with E-state index in [-0.39, 0.29) is 11.8 Å². The van der Waals surface area contributed by atoms with Gasteiger partial charge in [0, 0.05) is 18.0 Å². The smallest absolute Gasteiger partial charge is 0.189 e. The molecule has 0 aliphatic heterocycles. The van der Waals surface area contributed by atoms with E-state index in [1.165, 1.54) is 6.20 Å². The van der Waals surface area contributed by atoms with Crippen molar-refractivity contribution in [2.75, 3.05) is 0 Å². The fourth-order valence-electron chi connectivity index (χ4n) is 2.57. The summed E-state index contributed by atoms with van der Waals surface area (Å²) >= 11 is 6.06. The van der Waals surface area contributed by atoms with Crippen LogP contribution in [0.5, 0.6) is 0 Å². The van der Waals surface area contributed by atoms with Crippen molar-refractivity contribution >= 4 is 17.4 Å². The van der Waals surface area contributed by atoms with Crippen LogP contribution in [-0.4, -0.2) is 21.6 Å². The Morgan fingerprint density at radius 1 is 1.76 bits per heavy atom. The molecule has 1 fully saturated rings. The van der Waals surface area contributed by atoms with Gasteiger partial charge in [0.1, 0.15) is 5.69 Å². The van der Waals surface area contributed by atoms with E-state index in [1.54, 1.807) is 4.68 Å². The lowest BCUT2D eigenvalue weighted by molar-refractivity contribution is 0.0791. The van der Waals surface area contributed by atoms with Crippen molar-refractivity contribution in [2.45, 2.75) is 45.7 Å². The number of ketones is 1. The van der Waals surface area contributed by atoms with Gasteiger partial charge in [-0.05, 0) is 19.8 Å². The third-order valence-corrected chi connectivity index (χ3v) is 4.13. The zero-order chi connectivity index (χ0) is 12.6. The van der Waals surface area contributed by atoms with Crippen LogP contribution in [0.2, 0.25) is 5.02 Å². The predicted molar refractivity (Wildman–Crippen MR) is 67.2 cm³/mol. The molecule has 94 valence electrons. The van der Waals surface area contributed by atoms with Crippen molar-refractivity contribution in [3.63, 3.8) is 0 Å². The van der Waals surface area contributed by atoms with Gasteiger partial charge >= 0.3 is 0 Å². The fourth-order valence-corrected chi connectivity index (χ4v) is 2.80. The number of carbonyl (C=O) groups excluding carboxylic acids is 1. The summed E-state index contributed by atoms with van der Waals surface area (Å²) in [7, 11) is 0. The van der Waals surface area contributed by atoms with Crippen LogP contribution in [-0.2, 0) is 6.54 Å². The molecule has 5 heteroatoms. The summed E-state index contributed by atoms with van der Waals surface area (Å²) in [5, 5.41) is 4.53. The van der Waals surface area contributed by atoms with Gasteiger partial charge in [-0.2, -0.15) is 5.10 Å². The molecule has 1 heterocycles. The molecule has 0 spiro atoms. The molecule has 1 saturated carbocycles. The van der Waals surface area contributed by atoms with Crippen molar-refractivity contribution in [1.29, 1.82) is 0 Å². The van der Waals surface area contributed by atoms with Crippen LogP contribution in [0.25, 0.3) is 0 Å². The Kier molecular flexibility index (Phi) is 3.27. The Labute approximate surface area is 106 Å². The number of halogens is 1. The number of hydrogen-bond donors (Lipinski definition) is 1. The van der Waals surface area contributed by atoms with Gasteiger partial charge in [-0.15, -0.1) is 0 Å². The van der Waals surface area contributed by atoms with Crippen LogP contribution in [0.15, 0.2) is 6.20 Å². The summed E-state index contributed by atoms with van der Waals surface area (Å²) in [6, 6.07) is -0.0775. The van der Waals surface area contributed by atoms with Gasteiger partial charge in [0.25, 0.3) is 0 Å². The second-order valence-electron chi connectivity index (χ2n) is 4.90. The SMILES string of the molecule is CCn1ncc(Cl)c1C(=O)C1(C)CCCC1N. The summed E-state index contributed by atoms with van der Waals surface area (Å²) in [6.45, 7) is 4.52. The first-order valence-electron chi connectivity index (χ1n) is 6.02. The third kappa shape index (κ3) is 1.89. The van der Waals surface area contributed by atoms with E-state index in [0.29, 0.717) is 17.3 Å². The molecule has 1 aliphatic carbocycles. The van der Waals surface area contributed by atoms with Gasteiger partial charge < -0.3 is 5.73 Å². The lowest BCUT2D eigenvalue weighted by Crippen LogP contribution is -2.42. The molecule has 1 aliphatic rings. The summed E-state index contributed by atoms with van der Waals surface area (Å²) < 4.78 is 1.65. The number of hydrogen-bond acceptors (Lipinski definition) is 3. The molecule has 2 rings (SSSR count). The van der Waals surface area contributed by atoms with Gasteiger partial charge in [-0.3, -0.25) is 9.48 Å². The van der Waals surface area contributed by atoms with E-state index in [4.69, 9.17) is 17.3 Å². The first-order chi connectivity index (χ1) is 8.00. The molecule has 4 nitrogen and oxygen atoms in total. The van der Waals surface area contributed by atoms with E-state index in [9.17, 15) is 4.79 Å². The molecule has 0 aromatic carbocycles. The highest BCUT2D eigenvalue weighted by molar-refractivity contribution is 6.33. The van der Waals surface area contributed by atoms with Crippen molar-refractivity contribution in [3.05, 3.63) is 16.9 Å². The topological polar surface area (TPSA) is 60.9 Å². The highest BCUT2D eigenvalue weighted by atomic mass is 35.5. The van der Waals surface area contributed by atoms with Gasteiger partial charge in [-0.25, -0.2) is 0 Å². The molecular formula is C12H18ClN3O. The van der Waals surface area contributed by atoms with Crippen molar-refractivity contribution < 1.29 is 4.79 Å². The first kappa shape index (κ1) is 12.6. The van der Waals surface area contributed by atoms with E-state index < -0.39 is 5.41 Å². The van der Waals surface area contributed by atoms with Crippen molar-refractivity contribution in [1.82, 2.24) is 9.78 Å². The van der Waals surface area contributed by atoms with Crippen LogP contribution >= 0.6 is 11.6 Å². The molecule has 2 unspecified atom stereocenters. The van der Waals surface area contributed by atoms with E-state index in [2.05, 4.69) is 5.10 Å². The Balaban J connectivity index is 2.40. The zero-order valence-electron chi connectivity index (χ0n) is 10.2. The molecule has 1 aromatic rings. The highest BCUT2D eigenvalue weighted by Crippen LogP contribution is 2.40. The summed E-state index contributed by atoms with van der Waals surface area (Å²) in [4.78, 5) is 12.6. The average molecular weight is 256 g/mol. The maximum atomic E-state index is 12.6. The van der Waals surface area contributed by atoms with Crippen molar-refractivity contribution in [2.24, 2.45) is 11.1 Å². The normalized spacial score (nSPS) is 28.6. The number of rotatable bonds is 3. The molecular weight excluding hydrogens is 238 g/mol. The Morgan fingerprint density at radius 2 is 2.47 bits per heavy atom. The van der Waals surface area contributed by atoms with E-state index >= 15 is 0 Å². The highest BCUT2D eigenvalue weighted by Gasteiger charge is 2.44.